The first-order valence-electron chi connectivity index (χ1n) is 3.10. The summed E-state index contributed by atoms with van der Waals surface area (Å²) in [6, 6.07) is 0. The molecule has 0 saturated carbocycles. The third-order valence-corrected chi connectivity index (χ3v) is 1.21. The molecule has 12 heavy (non-hydrogen) atoms. The van der Waals surface area contributed by atoms with E-state index in [0.29, 0.717) is 0 Å². The molecule has 0 unspecified atom stereocenters. The Bertz CT molecular complexity index is 271. The van der Waals surface area contributed by atoms with Gasteiger partial charge in [0.25, 0.3) is 0 Å². The molecule has 1 aromatic heterocycles. The van der Waals surface area contributed by atoms with E-state index >= 15 is 0 Å². The van der Waals surface area contributed by atoms with Crippen molar-refractivity contribution in [2.45, 2.75) is 12.6 Å². The highest BCUT2D eigenvalue weighted by Gasteiger charge is 2.28. The fourth-order valence-corrected chi connectivity index (χ4v) is 0.720. The quantitative estimate of drug-likeness (QED) is 0.700. The molecule has 0 aromatic carbocycles. The monoisotopic (exact) mass is 177 g/mol. The van der Waals surface area contributed by atoms with Crippen molar-refractivity contribution in [3.63, 3.8) is 0 Å². The molecule has 0 aliphatic heterocycles. The van der Waals surface area contributed by atoms with Crippen molar-refractivity contribution < 1.29 is 13.2 Å². The average molecular weight is 177 g/mol. The molecule has 66 valence electrons. The van der Waals surface area contributed by atoms with E-state index in [0.717, 1.165) is 12.5 Å². The van der Waals surface area contributed by atoms with Crippen LogP contribution in [0.2, 0.25) is 0 Å². The molecule has 0 fully saturated rings. The minimum absolute atomic E-state index is 0.0926. The Balaban J connectivity index is 2.83. The van der Waals surface area contributed by atoms with Crippen LogP contribution in [0.1, 0.15) is 5.56 Å². The topological polar surface area (TPSA) is 51.8 Å². The molecule has 0 saturated heterocycles. The molecule has 1 rings (SSSR count). The van der Waals surface area contributed by atoms with Crippen LogP contribution < -0.4 is 5.73 Å². The minimum Gasteiger partial charge on any atom is -0.383 e. The predicted molar refractivity (Wildman–Crippen MR) is 36.2 cm³/mol. The highest BCUT2D eigenvalue weighted by atomic mass is 19.4. The van der Waals surface area contributed by atoms with Crippen LogP contribution in [0, 0.1) is 0 Å². The Morgan fingerprint density at radius 3 is 2.58 bits per heavy atom. The van der Waals surface area contributed by atoms with Gasteiger partial charge >= 0.3 is 6.18 Å². The first-order valence-corrected chi connectivity index (χ1v) is 3.10. The van der Waals surface area contributed by atoms with E-state index < -0.39 is 12.6 Å². The molecule has 0 aliphatic carbocycles. The zero-order chi connectivity index (χ0) is 9.19. The van der Waals surface area contributed by atoms with Crippen molar-refractivity contribution in [3.05, 3.63) is 18.1 Å². The number of aromatic nitrogens is 2. The zero-order valence-electron chi connectivity index (χ0n) is 5.97. The molecule has 0 atom stereocenters. The van der Waals surface area contributed by atoms with Crippen LogP contribution in [-0.2, 0) is 6.42 Å². The van der Waals surface area contributed by atoms with Crippen LogP contribution in [0.5, 0.6) is 0 Å². The Morgan fingerprint density at radius 2 is 2.08 bits per heavy atom. The molecule has 1 heterocycles. The third kappa shape index (κ3) is 2.37. The fraction of sp³-hybridized carbons (Fsp3) is 0.333. The summed E-state index contributed by atoms with van der Waals surface area (Å²) in [6.07, 6.45) is -3.18. The summed E-state index contributed by atoms with van der Waals surface area (Å²) in [4.78, 5) is 6.87. The van der Waals surface area contributed by atoms with Gasteiger partial charge in [-0.15, -0.1) is 0 Å². The van der Waals surface area contributed by atoms with Gasteiger partial charge in [-0.05, 0) is 0 Å². The molecule has 2 N–H and O–H groups in total. The van der Waals surface area contributed by atoms with Gasteiger partial charge in [0, 0.05) is 11.8 Å². The number of alkyl halides is 3. The van der Waals surface area contributed by atoms with E-state index in [-0.39, 0.29) is 11.4 Å². The van der Waals surface area contributed by atoms with Gasteiger partial charge in [0.1, 0.15) is 12.1 Å². The van der Waals surface area contributed by atoms with Crippen molar-refractivity contribution in [1.29, 1.82) is 0 Å². The van der Waals surface area contributed by atoms with Crippen LogP contribution >= 0.6 is 0 Å². The highest BCUT2D eigenvalue weighted by molar-refractivity contribution is 5.36. The highest BCUT2D eigenvalue weighted by Crippen LogP contribution is 2.22. The van der Waals surface area contributed by atoms with Crippen LogP contribution in [0.3, 0.4) is 0 Å². The Hall–Kier alpha value is -1.33. The van der Waals surface area contributed by atoms with Crippen molar-refractivity contribution in [2.24, 2.45) is 0 Å². The summed E-state index contributed by atoms with van der Waals surface area (Å²) < 4.78 is 35.4. The van der Waals surface area contributed by atoms with Crippen LogP contribution in [0.4, 0.5) is 19.0 Å². The lowest BCUT2D eigenvalue weighted by molar-refractivity contribution is -0.127. The second kappa shape index (κ2) is 2.96. The predicted octanol–water partition coefficient (Wildman–Crippen LogP) is 1.16. The summed E-state index contributed by atoms with van der Waals surface area (Å²) in [7, 11) is 0. The van der Waals surface area contributed by atoms with Crippen molar-refractivity contribution >= 4 is 5.82 Å². The first-order chi connectivity index (χ1) is 5.49. The van der Waals surface area contributed by atoms with Gasteiger partial charge < -0.3 is 5.73 Å². The van der Waals surface area contributed by atoms with Crippen LogP contribution in [0.25, 0.3) is 0 Å². The number of nitrogens with zero attached hydrogens (tertiary/aromatic N) is 2. The SMILES string of the molecule is Nc1ncncc1CC(F)(F)F. The standard InChI is InChI=1S/C6H6F3N3/c7-6(8,9)1-4-2-11-3-12-5(4)10/h2-3H,1H2,(H2,10,11,12). The number of hydrogen-bond acceptors (Lipinski definition) is 3. The normalized spacial score (nSPS) is 11.6. The van der Waals surface area contributed by atoms with Crippen LogP contribution in [-0.4, -0.2) is 16.1 Å². The summed E-state index contributed by atoms with van der Waals surface area (Å²) in [6.45, 7) is 0. The average Bonchev–Trinajstić information content (AvgIpc) is 1.91. The van der Waals surface area contributed by atoms with Gasteiger partial charge in [-0.3, -0.25) is 0 Å². The molecular formula is C6H6F3N3. The van der Waals surface area contributed by atoms with Gasteiger partial charge in [0.2, 0.25) is 0 Å². The molecule has 0 aliphatic rings. The summed E-state index contributed by atoms with van der Waals surface area (Å²) in [5, 5.41) is 0. The molecule has 0 bridgehead atoms. The maximum absolute atomic E-state index is 11.8. The number of nitrogen functional groups attached to an aromatic ring is 1. The number of nitrogens with two attached hydrogens (primary N) is 1. The Morgan fingerprint density at radius 1 is 1.42 bits per heavy atom. The molecule has 6 heteroatoms. The van der Waals surface area contributed by atoms with Gasteiger partial charge in [0.15, 0.2) is 0 Å². The fourth-order valence-electron chi connectivity index (χ4n) is 0.720. The lowest BCUT2D eigenvalue weighted by Crippen LogP contribution is -2.13. The van der Waals surface area contributed by atoms with E-state index in [9.17, 15) is 13.2 Å². The second-order valence-corrected chi connectivity index (χ2v) is 2.23. The lowest BCUT2D eigenvalue weighted by atomic mass is 10.2. The molecule has 3 nitrogen and oxygen atoms in total. The third-order valence-electron chi connectivity index (χ3n) is 1.21. The molecule has 0 radical (unpaired) electrons. The summed E-state index contributed by atoms with van der Waals surface area (Å²) in [5.41, 5.74) is 5.08. The second-order valence-electron chi connectivity index (χ2n) is 2.23. The van der Waals surface area contributed by atoms with E-state index in [1.165, 1.54) is 0 Å². The maximum Gasteiger partial charge on any atom is 0.393 e. The first kappa shape index (κ1) is 8.76. The van der Waals surface area contributed by atoms with Crippen molar-refractivity contribution in [2.75, 3.05) is 5.73 Å². The van der Waals surface area contributed by atoms with E-state index in [2.05, 4.69) is 9.97 Å². The van der Waals surface area contributed by atoms with Gasteiger partial charge in [-0.25, -0.2) is 9.97 Å². The number of anilines is 1. The van der Waals surface area contributed by atoms with E-state index in [4.69, 9.17) is 5.73 Å². The van der Waals surface area contributed by atoms with E-state index in [1.807, 2.05) is 0 Å². The maximum atomic E-state index is 11.8. The number of halogens is 3. The van der Waals surface area contributed by atoms with Gasteiger partial charge in [0.05, 0.1) is 6.42 Å². The zero-order valence-corrected chi connectivity index (χ0v) is 5.97. The van der Waals surface area contributed by atoms with Crippen molar-refractivity contribution in [1.82, 2.24) is 9.97 Å². The number of rotatable bonds is 1. The molecule has 0 amide bonds. The van der Waals surface area contributed by atoms with Crippen LogP contribution in [0.15, 0.2) is 12.5 Å². The smallest absolute Gasteiger partial charge is 0.383 e. The molecule has 0 spiro atoms. The Kier molecular flexibility index (Phi) is 2.16. The molecule has 1 aromatic rings. The summed E-state index contributed by atoms with van der Waals surface area (Å²) in [5.74, 6) is -0.123. The lowest BCUT2D eigenvalue weighted by Gasteiger charge is -2.06. The van der Waals surface area contributed by atoms with E-state index in [1.54, 1.807) is 0 Å². The van der Waals surface area contributed by atoms with Gasteiger partial charge in [-0.2, -0.15) is 13.2 Å². The van der Waals surface area contributed by atoms with Gasteiger partial charge in [-0.1, -0.05) is 0 Å². The Labute approximate surface area is 66.4 Å². The minimum atomic E-state index is -4.27. The van der Waals surface area contributed by atoms with Crippen molar-refractivity contribution in [3.8, 4) is 0 Å². The number of hydrogen-bond donors (Lipinski definition) is 1. The summed E-state index contributed by atoms with van der Waals surface area (Å²) >= 11 is 0. The largest absolute Gasteiger partial charge is 0.393 e. The molecular weight excluding hydrogens is 171 g/mol.